The zero-order chi connectivity index (χ0) is 18.6. The molecule has 8 heteroatoms. The molecule has 7 nitrogen and oxygen atoms in total. The van der Waals surface area contributed by atoms with E-state index in [1.54, 1.807) is 13.8 Å². The molecule has 25 heavy (non-hydrogen) atoms. The summed E-state index contributed by atoms with van der Waals surface area (Å²) in [6, 6.07) is 5.79. The Labute approximate surface area is 143 Å². The quantitative estimate of drug-likeness (QED) is 0.777. The van der Waals surface area contributed by atoms with Crippen LogP contribution in [0.25, 0.3) is 5.69 Å². The number of esters is 2. The van der Waals surface area contributed by atoms with Crippen LogP contribution in [0.15, 0.2) is 24.3 Å². The fourth-order valence-electron chi connectivity index (χ4n) is 2.32. The predicted octanol–water partition coefficient (Wildman–Crippen LogP) is 2.71. The monoisotopic (exact) mass is 351 g/mol. The molecule has 0 saturated heterocycles. The van der Waals surface area contributed by atoms with E-state index in [4.69, 9.17) is 9.47 Å². The minimum Gasteiger partial charge on any atom is -0.503 e. The second-order valence-electron chi connectivity index (χ2n) is 4.97. The van der Waals surface area contributed by atoms with Gasteiger partial charge in [-0.15, -0.1) is 0 Å². The van der Waals surface area contributed by atoms with Gasteiger partial charge in [0.1, 0.15) is 6.67 Å². The zero-order valence-electron chi connectivity index (χ0n) is 13.8. The van der Waals surface area contributed by atoms with E-state index in [1.807, 2.05) is 0 Å². The second kappa shape index (κ2) is 7.69. The number of alkyl halides is 1. The Morgan fingerprint density at radius 2 is 1.40 bits per heavy atom. The van der Waals surface area contributed by atoms with Gasteiger partial charge < -0.3 is 19.7 Å². The first kappa shape index (κ1) is 18.3. The molecule has 0 radical (unpaired) electrons. The van der Waals surface area contributed by atoms with Crippen LogP contribution >= 0.6 is 0 Å². The molecule has 1 heterocycles. The minimum absolute atomic E-state index is 0.0275. The Hall–Kier alpha value is -3.03. The third kappa shape index (κ3) is 3.42. The molecule has 0 aliphatic carbocycles. The van der Waals surface area contributed by atoms with Crippen molar-refractivity contribution in [2.45, 2.75) is 20.5 Å². The van der Waals surface area contributed by atoms with Crippen LogP contribution in [0, 0.1) is 0 Å². The number of rotatable bonds is 6. The van der Waals surface area contributed by atoms with Gasteiger partial charge in [0.15, 0.2) is 22.9 Å². The number of aromatic nitrogens is 1. The Morgan fingerprint density at radius 1 is 0.960 bits per heavy atom. The third-order valence-corrected chi connectivity index (χ3v) is 3.41. The standard InChI is InChI=1S/C17H18FNO6/c1-3-24-16(22)12-14(20)15(21)13(17(23)25-4-2)19(12)11-7-5-10(9-18)6-8-11/h5-8,20-21H,3-4,9H2,1-2H3. The van der Waals surface area contributed by atoms with Crippen molar-refractivity contribution in [2.75, 3.05) is 13.2 Å². The van der Waals surface area contributed by atoms with Gasteiger partial charge in [0.25, 0.3) is 0 Å². The molecule has 0 aliphatic rings. The molecule has 0 unspecified atom stereocenters. The molecule has 134 valence electrons. The van der Waals surface area contributed by atoms with Crippen molar-refractivity contribution < 1.29 is 33.7 Å². The maximum absolute atomic E-state index is 12.7. The Bertz CT molecular complexity index is 740. The molecule has 0 saturated carbocycles. The highest BCUT2D eigenvalue weighted by Crippen LogP contribution is 2.39. The molecular formula is C17H18FNO6. The second-order valence-corrected chi connectivity index (χ2v) is 4.97. The van der Waals surface area contributed by atoms with Crippen LogP contribution in [0.3, 0.4) is 0 Å². The summed E-state index contributed by atoms with van der Waals surface area (Å²) in [4.78, 5) is 24.4. The largest absolute Gasteiger partial charge is 0.503 e. The van der Waals surface area contributed by atoms with Crippen LogP contribution in [-0.2, 0) is 16.1 Å². The minimum atomic E-state index is -0.930. The molecule has 0 bridgehead atoms. The number of carbonyl (C=O) groups is 2. The Balaban J connectivity index is 2.72. The average Bonchev–Trinajstić information content (AvgIpc) is 2.87. The van der Waals surface area contributed by atoms with Crippen molar-refractivity contribution in [3.05, 3.63) is 41.2 Å². The lowest BCUT2D eigenvalue weighted by atomic mass is 10.2. The number of hydrogen-bond acceptors (Lipinski definition) is 6. The van der Waals surface area contributed by atoms with Crippen molar-refractivity contribution in [3.8, 4) is 17.2 Å². The third-order valence-electron chi connectivity index (χ3n) is 3.41. The van der Waals surface area contributed by atoms with Gasteiger partial charge >= 0.3 is 11.9 Å². The Morgan fingerprint density at radius 3 is 1.76 bits per heavy atom. The normalized spacial score (nSPS) is 10.5. The van der Waals surface area contributed by atoms with Crippen LogP contribution in [0.2, 0.25) is 0 Å². The van der Waals surface area contributed by atoms with Gasteiger partial charge in [0, 0.05) is 5.69 Å². The SMILES string of the molecule is CCOC(=O)c1c(O)c(O)c(C(=O)OCC)n1-c1ccc(CF)cc1. The molecule has 0 amide bonds. The summed E-state index contributed by atoms with van der Waals surface area (Å²) in [7, 11) is 0. The van der Waals surface area contributed by atoms with Crippen LogP contribution in [0.4, 0.5) is 4.39 Å². The topological polar surface area (TPSA) is 98.0 Å². The van der Waals surface area contributed by atoms with E-state index in [0.29, 0.717) is 5.56 Å². The van der Waals surface area contributed by atoms with E-state index >= 15 is 0 Å². The first-order valence-corrected chi connectivity index (χ1v) is 7.62. The number of benzene rings is 1. The van der Waals surface area contributed by atoms with Crippen LogP contribution < -0.4 is 0 Å². The number of aromatic hydroxyl groups is 2. The van der Waals surface area contributed by atoms with Gasteiger partial charge in [0.2, 0.25) is 0 Å². The van der Waals surface area contributed by atoms with Gasteiger partial charge in [-0.05, 0) is 31.5 Å². The van der Waals surface area contributed by atoms with E-state index < -0.39 is 41.5 Å². The van der Waals surface area contributed by atoms with E-state index in [1.165, 1.54) is 24.3 Å². The molecule has 0 atom stereocenters. The molecule has 2 aromatic rings. The molecule has 2 rings (SSSR count). The molecule has 2 N–H and O–H groups in total. The highest BCUT2D eigenvalue weighted by molar-refractivity contribution is 6.00. The summed E-state index contributed by atoms with van der Waals surface area (Å²) in [5.74, 6) is -3.45. The summed E-state index contributed by atoms with van der Waals surface area (Å²) < 4.78 is 23.5. The van der Waals surface area contributed by atoms with Crippen molar-refractivity contribution >= 4 is 11.9 Å². The van der Waals surface area contributed by atoms with Crippen LogP contribution in [0.5, 0.6) is 11.5 Å². The van der Waals surface area contributed by atoms with Crippen molar-refractivity contribution in [1.29, 1.82) is 0 Å². The highest BCUT2D eigenvalue weighted by atomic mass is 19.1. The average molecular weight is 351 g/mol. The summed E-state index contributed by atoms with van der Waals surface area (Å²) in [5.41, 5.74) is -0.204. The number of nitrogens with zero attached hydrogens (tertiary/aromatic N) is 1. The molecule has 0 fully saturated rings. The lowest BCUT2D eigenvalue weighted by Crippen LogP contribution is -2.16. The number of carbonyl (C=O) groups excluding carboxylic acids is 2. The lowest BCUT2D eigenvalue weighted by molar-refractivity contribution is 0.0507. The number of hydrogen-bond donors (Lipinski definition) is 2. The maximum Gasteiger partial charge on any atom is 0.359 e. The van der Waals surface area contributed by atoms with Crippen LogP contribution in [-0.4, -0.2) is 39.9 Å². The van der Waals surface area contributed by atoms with Crippen molar-refractivity contribution in [1.82, 2.24) is 4.57 Å². The van der Waals surface area contributed by atoms with Gasteiger partial charge in [-0.3, -0.25) is 4.57 Å². The van der Waals surface area contributed by atoms with E-state index in [-0.39, 0.29) is 18.9 Å². The summed E-state index contributed by atoms with van der Waals surface area (Å²) in [5, 5.41) is 20.3. The number of halogens is 1. The molecular weight excluding hydrogens is 333 g/mol. The van der Waals surface area contributed by atoms with E-state index in [2.05, 4.69) is 0 Å². The van der Waals surface area contributed by atoms with Gasteiger partial charge in [-0.2, -0.15) is 0 Å². The molecule has 1 aromatic heterocycles. The fourth-order valence-corrected chi connectivity index (χ4v) is 2.32. The van der Waals surface area contributed by atoms with Gasteiger partial charge in [0.05, 0.1) is 13.2 Å². The first-order chi connectivity index (χ1) is 12.0. The Kier molecular flexibility index (Phi) is 5.63. The van der Waals surface area contributed by atoms with Crippen LogP contribution in [0.1, 0.15) is 40.4 Å². The summed E-state index contributed by atoms with van der Waals surface area (Å²) in [6.45, 7) is 2.52. The smallest absolute Gasteiger partial charge is 0.359 e. The van der Waals surface area contributed by atoms with E-state index in [0.717, 1.165) is 4.57 Å². The number of ether oxygens (including phenoxy) is 2. The highest BCUT2D eigenvalue weighted by Gasteiger charge is 2.33. The summed E-state index contributed by atoms with van der Waals surface area (Å²) in [6.07, 6.45) is 0. The predicted molar refractivity (Wildman–Crippen MR) is 85.8 cm³/mol. The van der Waals surface area contributed by atoms with Gasteiger partial charge in [-0.1, -0.05) is 12.1 Å². The summed E-state index contributed by atoms with van der Waals surface area (Å²) >= 11 is 0. The van der Waals surface area contributed by atoms with Crippen molar-refractivity contribution in [3.63, 3.8) is 0 Å². The molecule has 0 aliphatic heterocycles. The van der Waals surface area contributed by atoms with Gasteiger partial charge in [-0.25, -0.2) is 14.0 Å². The molecule has 1 aromatic carbocycles. The lowest BCUT2D eigenvalue weighted by Gasteiger charge is -2.12. The van der Waals surface area contributed by atoms with E-state index in [9.17, 15) is 24.2 Å². The zero-order valence-corrected chi connectivity index (χ0v) is 13.8. The first-order valence-electron chi connectivity index (χ1n) is 7.62. The fraction of sp³-hybridized carbons (Fsp3) is 0.294. The maximum atomic E-state index is 12.7. The molecule has 0 spiro atoms. The van der Waals surface area contributed by atoms with Crippen molar-refractivity contribution in [2.24, 2.45) is 0 Å².